The third kappa shape index (κ3) is 5.36. The summed E-state index contributed by atoms with van der Waals surface area (Å²) in [5, 5.41) is 8.38. The average molecular weight is 262 g/mol. The molecular weight excluding hydrogens is 236 g/mol. The molecule has 0 heterocycles. The molecule has 0 aromatic carbocycles. The molecular formula is C12H26N2O2S. The standard InChI is InChI=1S/C12H26N2O2S/c1-12(2,3)10-6-4-5-7-11(10)14-8-9-17(13,15)16/h10-11,14H,4-9H2,1-3H3,(H2,13,15,16). The van der Waals surface area contributed by atoms with Gasteiger partial charge in [0, 0.05) is 12.6 Å². The Morgan fingerprint density at radius 3 is 2.35 bits per heavy atom. The summed E-state index contributed by atoms with van der Waals surface area (Å²) < 4.78 is 21.8. The highest BCUT2D eigenvalue weighted by molar-refractivity contribution is 7.89. The topological polar surface area (TPSA) is 72.2 Å². The average Bonchev–Trinajstić information content (AvgIpc) is 2.15. The van der Waals surface area contributed by atoms with Gasteiger partial charge in [-0.05, 0) is 24.2 Å². The van der Waals surface area contributed by atoms with E-state index in [-0.39, 0.29) is 11.2 Å². The molecule has 1 fully saturated rings. The van der Waals surface area contributed by atoms with Crippen LogP contribution in [0.5, 0.6) is 0 Å². The normalized spacial score (nSPS) is 27.1. The fourth-order valence-electron chi connectivity index (χ4n) is 2.80. The smallest absolute Gasteiger partial charge is 0.210 e. The minimum absolute atomic E-state index is 0.0281. The van der Waals surface area contributed by atoms with E-state index in [1.165, 1.54) is 19.3 Å². The maximum absolute atomic E-state index is 10.9. The molecule has 2 atom stereocenters. The summed E-state index contributed by atoms with van der Waals surface area (Å²) >= 11 is 0. The number of nitrogens with two attached hydrogens (primary N) is 1. The minimum atomic E-state index is -3.34. The lowest BCUT2D eigenvalue weighted by molar-refractivity contribution is 0.132. The number of nitrogens with one attached hydrogen (secondary N) is 1. The van der Waals surface area contributed by atoms with E-state index in [0.717, 1.165) is 6.42 Å². The molecule has 0 radical (unpaired) electrons. The first kappa shape index (κ1) is 14.9. The Labute approximate surface area is 105 Å². The van der Waals surface area contributed by atoms with Gasteiger partial charge in [0.1, 0.15) is 0 Å². The summed E-state index contributed by atoms with van der Waals surface area (Å²) in [5.41, 5.74) is 0.277. The van der Waals surface area contributed by atoms with Crippen molar-refractivity contribution >= 4 is 10.0 Å². The molecule has 1 saturated carbocycles. The summed E-state index contributed by atoms with van der Waals surface area (Å²) in [6, 6.07) is 0.436. The molecule has 3 N–H and O–H groups in total. The van der Waals surface area contributed by atoms with Gasteiger partial charge in [-0.2, -0.15) is 0 Å². The maximum Gasteiger partial charge on any atom is 0.210 e. The third-order valence-corrected chi connectivity index (χ3v) is 4.44. The molecule has 17 heavy (non-hydrogen) atoms. The second-order valence-corrected chi connectivity index (χ2v) is 7.92. The van der Waals surface area contributed by atoms with E-state index in [1.54, 1.807) is 0 Å². The van der Waals surface area contributed by atoms with Crippen molar-refractivity contribution in [2.45, 2.75) is 52.5 Å². The number of rotatable bonds is 4. The van der Waals surface area contributed by atoms with Gasteiger partial charge in [-0.3, -0.25) is 0 Å². The molecule has 102 valence electrons. The van der Waals surface area contributed by atoms with Gasteiger partial charge < -0.3 is 5.32 Å². The second kappa shape index (κ2) is 5.67. The van der Waals surface area contributed by atoms with Crippen LogP contribution in [0.2, 0.25) is 0 Å². The lowest BCUT2D eigenvalue weighted by Crippen LogP contribution is -2.45. The number of primary sulfonamides is 1. The highest BCUT2D eigenvalue weighted by Gasteiger charge is 2.33. The Hall–Kier alpha value is -0.130. The SMILES string of the molecule is CC(C)(C)C1CCCCC1NCCS(N)(=O)=O. The molecule has 5 heteroatoms. The van der Waals surface area contributed by atoms with Crippen molar-refractivity contribution < 1.29 is 8.42 Å². The largest absolute Gasteiger partial charge is 0.313 e. The van der Waals surface area contributed by atoms with E-state index in [4.69, 9.17) is 5.14 Å². The van der Waals surface area contributed by atoms with E-state index in [2.05, 4.69) is 26.1 Å². The maximum atomic E-state index is 10.9. The highest BCUT2D eigenvalue weighted by Crippen LogP contribution is 2.37. The minimum Gasteiger partial charge on any atom is -0.313 e. The highest BCUT2D eigenvalue weighted by atomic mass is 32.2. The van der Waals surface area contributed by atoms with E-state index in [0.29, 0.717) is 18.5 Å². The Morgan fingerprint density at radius 2 is 1.82 bits per heavy atom. The fraction of sp³-hybridized carbons (Fsp3) is 1.00. The van der Waals surface area contributed by atoms with Crippen molar-refractivity contribution in [3.8, 4) is 0 Å². The van der Waals surface area contributed by atoms with Crippen molar-refractivity contribution in [1.29, 1.82) is 0 Å². The molecule has 0 aromatic heterocycles. The number of hydrogen-bond acceptors (Lipinski definition) is 3. The molecule has 4 nitrogen and oxygen atoms in total. The lowest BCUT2D eigenvalue weighted by atomic mass is 9.69. The van der Waals surface area contributed by atoms with Gasteiger partial charge in [-0.1, -0.05) is 33.6 Å². The van der Waals surface area contributed by atoms with Crippen LogP contribution < -0.4 is 10.5 Å². The number of hydrogen-bond donors (Lipinski definition) is 2. The van der Waals surface area contributed by atoms with Crippen LogP contribution in [0.4, 0.5) is 0 Å². The predicted octanol–water partition coefficient (Wildman–Crippen LogP) is 1.47. The summed E-state index contributed by atoms with van der Waals surface area (Å²) in [6.07, 6.45) is 4.90. The van der Waals surface area contributed by atoms with Gasteiger partial charge in [0.05, 0.1) is 5.75 Å². The van der Waals surface area contributed by atoms with Gasteiger partial charge in [-0.25, -0.2) is 13.6 Å². The molecule has 1 aliphatic rings. The molecule has 0 amide bonds. The second-order valence-electron chi connectivity index (χ2n) is 6.18. The van der Waals surface area contributed by atoms with Crippen LogP contribution in [0.15, 0.2) is 0 Å². The first-order chi connectivity index (χ1) is 7.70. The zero-order valence-corrected chi connectivity index (χ0v) is 12.0. The molecule has 1 rings (SSSR count). The zero-order chi connectivity index (χ0) is 13.1. The van der Waals surface area contributed by atoms with Crippen LogP contribution in [-0.2, 0) is 10.0 Å². The Bertz CT molecular complexity index is 333. The summed E-state index contributed by atoms with van der Waals surface area (Å²) in [4.78, 5) is 0. The van der Waals surface area contributed by atoms with Gasteiger partial charge in [0.25, 0.3) is 0 Å². The van der Waals surface area contributed by atoms with Crippen molar-refractivity contribution in [3.63, 3.8) is 0 Å². The molecule has 0 spiro atoms. The Kier molecular flexibility index (Phi) is 4.98. The first-order valence-corrected chi connectivity index (χ1v) is 8.15. The predicted molar refractivity (Wildman–Crippen MR) is 71.2 cm³/mol. The lowest BCUT2D eigenvalue weighted by Gasteiger charge is -2.41. The zero-order valence-electron chi connectivity index (χ0n) is 11.2. The van der Waals surface area contributed by atoms with E-state index < -0.39 is 10.0 Å². The van der Waals surface area contributed by atoms with Crippen LogP contribution >= 0.6 is 0 Å². The van der Waals surface area contributed by atoms with Crippen LogP contribution in [0.1, 0.15) is 46.5 Å². The van der Waals surface area contributed by atoms with Crippen molar-refractivity contribution in [2.24, 2.45) is 16.5 Å². The van der Waals surface area contributed by atoms with Gasteiger partial charge in [-0.15, -0.1) is 0 Å². The first-order valence-electron chi connectivity index (χ1n) is 6.44. The Balaban J connectivity index is 2.49. The van der Waals surface area contributed by atoms with E-state index >= 15 is 0 Å². The van der Waals surface area contributed by atoms with Crippen LogP contribution in [0, 0.1) is 11.3 Å². The van der Waals surface area contributed by atoms with Gasteiger partial charge >= 0.3 is 0 Å². The summed E-state index contributed by atoms with van der Waals surface area (Å²) in [6.45, 7) is 7.25. The van der Waals surface area contributed by atoms with Gasteiger partial charge in [0.2, 0.25) is 10.0 Å². The van der Waals surface area contributed by atoms with E-state index in [1.807, 2.05) is 0 Å². The van der Waals surface area contributed by atoms with Crippen molar-refractivity contribution in [3.05, 3.63) is 0 Å². The van der Waals surface area contributed by atoms with Crippen LogP contribution in [0.3, 0.4) is 0 Å². The van der Waals surface area contributed by atoms with Crippen LogP contribution in [0.25, 0.3) is 0 Å². The van der Waals surface area contributed by atoms with Crippen LogP contribution in [-0.4, -0.2) is 26.8 Å². The van der Waals surface area contributed by atoms with Crippen molar-refractivity contribution in [2.75, 3.05) is 12.3 Å². The van der Waals surface area contributed by atoms with E-state index in [9.17, 15) is 8.42 Å². The summed E-state index contributed by atoms with van der Waals surface area (Å²) in [5.74, 6) is 0.650. The van der Waals surface area contributed by atoms with Crippen molar-refractivity contribution in [1.82, 2.24) is 5.32 Å². The Morgan fingerprint density at radius 1 is 1.24 bits per heavy atom. The number of sulfonamides is 1. The fourth-order valence-corrected chi connectivity index (χ4v) is 3.20. The molecule has 0 aliphatic heterocycles. The molecule has 0 aromatic rings. The van der Waals surface area contributed by atoms with Gasteiger partial charge in [0.15, 0.2) is 0 Å². The monoisotopic (exact) mass is 262 g/mol. The molecule has 0 saturated heterocycles. The molecule has 2 unspecified atom stereocenters. The third-order valence-electron chi connectivity index (χ3n) is 3.67. The molecule has 0 bridgehead atoms. The molecule has 1 aliphatic carbocycles. The summed E-state index contributed by atoms with van der Waals surface area (Å²) in [7, 11) is -3.34. The quantitative estimate of drug-likeness (QED) is 0.806.